The molecule has 22 heavy (non-hydrogen) atoms. The summed E-state index contributed by atoms with van der Waals surface area (Å²) in [6.07, 6.45) is 3.86. The van der Waals surface area contributed by atoms with E-state index in [-0.39, 0.29) is 20.4 Å². The Hall–Kier alpha value is -1.47. The van der Waals surface area contributed by atoms with Crippen molar-refractivity contribution >= 4 is 6.29 Å². The van der Waals surface area contributed by atoms with Crippen LogP contribution in [0.15, 0.2) is 48.5 Å². The Kier molecular flexibility index (Phi) is 16.5. The van der Waals surface area contributed by atoms with Gasteiger partial charge in [0.15, 0.2) is 0 Å². The van der Waals surface area contributed by atoms with E-state index in [0.29, 0.717) is 5.75 Å². The van der Waals surface area contributed by atoms with E-state index in [0.717, 1.165) is 43.8 Å². The average molecular weight is 394 g/mol. The van der Waals surface area contributed by atoms with Gasteiger partial charge in [0.2, 0.25) is 0 Å². The summed E-state index contributed by atoms with van der Waals surface area (Å²) in [5, 5.41) is 16.5. The summed E-state index contributed by atoms with van der Waals surface area (Å²) in [6.45, 7) is 2.07. The number of aliphatic hydroxyl groups is 1. The summed E-state index contributed by atoms with van der Waals surface area (Å²) in [4.78, 5) is 9.56. The number of phenols is 1. The fraction of sp³-hybridized carbons (Fsp3) is 0.278. The second kappa shape index (κ2) is 15.9. The molecular weight excluding hydrogens is 371 g/mol. The summed E-state index contributed by atoms with van der Waals surface area (Å²) in [5.41, 5.74) is 1.74. The van der Waals surface area contributed by atoms with E-state index in [1.165, 1.54) is 0 Å². The molecule has 0 amide bonds. The van der Waals surface area contributed by atoms with Gasteiger partial charge in [-0.15, -0.1) is 35.9 Å². The Bertz CT molecular complexity index is 487. The van der Waals surface area contributed by atoms with E-state index in [9.17, 15) is 9.90 Å². The monoisotopic (exact) mass is 393 g/mol. The van der Waals surface area contributed by atoms with E-state index in [2.05, 4.69) is 13.0 Å². The molecule has 123 valence electrons. The maximum atomic E-state index is 9.56. The number of rotatable bonds is 4. The first-order valence-electron chi connectivity index (χ1n) is 6.93. The normalized spacial score (nSPS) is 8.32. The summed E-state index contributed by atoms with van der Waals surface area (Å²) in [5.74, 6) is 0.296. The maximum absolute atomic E-state index is 9.56. The van der Waals surface area contributed by atoms with Crippen LogP contribution >= 0.6 is 0 Å². The minimum atomic E-state index is 0. The van der Waals surface area contributed by atoms with Crippen molar-refractivity contribution in [1.29, 1.82) is 0 Å². The Morgan fingerprint density at radius 2 is 1.73 bits per heavy atom. The summed E-state index contributed by atoms with van der Waals surface area (Å²) < 4.78 is 0. The van der Waals surface area contributed by atoms with Crippen molar-refractivity contribution in [1.82, 2.24) is 0 Å². The quantitative estimate of drug-likeness (QED) is 0.359. The van der Waals surface area contributed by atoms with Crippen LogP contribution in [-0.2, 0) is 25.2 Å². The molecule has 1 radical (unpaired) electrons. The van der Waals surface area contributed by atoms with Gasteiger partial charge in [-0.25, -0.2) is 0 Å². The third kappa shape index (κ3) is 9.47. The zero-order valence-electron chi connectivity index (χ0n) is 12.9. The average Bonchev–Trinajstić information content (AvgIpc) is 2.57. The van der Waals surface area contributed by atoms with Crippen LogP contribution in [0.5, 0.6) is 5.75 Å². The van der Waals surface area contributed by atoms with Gasteiger partial charge >= 0.3 is 20.4 Å². The number of aliphatic hydroxyl groups excluding tert-OH is 1. The first kappa shape index (κ1) is 22.8. The molecule has 2 aromatic rings. The summed E-state index contributed by atoms with van der Waals surface area (Å²) >= 11 is 0. The molecule has 2 N–H and O–H groups in total. The van der Waals surface area contributed by atoms with Crippen LogP contribution in [0.1, 0.15) is 26.2 Å². The van der Waals surface area contributed by atoms with Gasteiger partial charge in [0.1, 0.15) is 6.29 Å². The number of phenolic OH excluding ortho intramolecular Hbond substituents is 1. The van der Waals surface area contributed by atoms with E-state index in [1.807, 2.05) is 42.5 Å². The van der Waals surface area contributed by atoms with Crippen LogP contribution in [0, 0.1) is 6.07 Å². The van der Waals surface area contributed by atoms with Gasteiger partial charge in [-0.05, 0) is 12.5 Å². The molecule has 0 aliphatic rings. The third-order valence-electron chi connectivity index (χ3n) is 2.58. The van der Waals surface area contributed by atoms with Crippen molar-refractivity contribution in [3.63, 3.8) is 0 Å². The number of unbranched alkanes of at least 4 members (excludes halogenated alkanes) is 2. The minimum absolute atomic E-state index is 0. The predicted molar refractivity (Wildman–Crippen MR) is 86.1 cm³/mol. The van der Waals surface area contributed by atoms with Gasteiger partial charge in [0.25, 0.3) is 0 Å². The molecule has 2 rings (SSSR count). The van der Waals surface area contributed by atoms with E-state index < -0.39 is 0 Å². The molecule has 0 saturated heterocycles. The van der Waals surface area contributed by atoms with Gasteiger partial charge in [-0.3, -0.25) is 0 Å². The molecule has 0 atom stereocenters. The van der Waals surface area contributed by atoms with Crippen LogP contribution < -0.4 is 0 Å². The largest absolute Gasteiger partial charge is 1.00 e. The van der Waals surface area contributed by atoms with Crippen molar-refractivity contribution in [2.45, 2.75) is 26.2 Å². The Labute approximate surface area is 146 Å². The number of para-hydroxylation sites is 1. The first-order chi connectivity index (χ1) is 10.3. The van der Waals surface area contributed by atoms with Crippen LogP contribution in [0.2, 0.25) is 0 Å². The van der Waals surface area contributed by atoms with Crippen LogP contribution in [0.4, 0.5) is 0 Å². The van der Waals surface area contributed by atoms with Gasteiger partial charge in [-0.2, -0.15) is 0 Å². The Morgan fingerprint density at radius 1 is 1.09 bits per heavy atom. The van der Waals surface area contributed by atoms with E-state index in [4.69, 9.17) is 5.11 Å². The third-order valence-corrected chi connectivity index (χ3v) is 2.58. The van der Waals surface area contributed by atoms with E-state index >= 15 is 0 Å². The summed E-state index contributed by atoms with van der Waals surface area (Å²) in [7, 11) is 1.00. The number of carbonyl (C=O) groups excluding carboxylic acids is 1. The fourth-order valence-electron chi connectivity index (χ4n) is 1.55. The number of carbonyl (C=O) groups is 1. The number of aromatic hydroxyl groups is 1. The zero-order valence-corrected chi connectivity index (χ0v) is 14.5. The maximum Gasteiger partial charge on any atom is 1.00 e. The summed E-state index contributed by atoms with van der Waals surface area (Å²) in [6, 6.07) is 17.9. The number of aldehydes is 1. The predicted octanol–water partition coefficient (Wildman–Crippen LogP) is 3.84. The van der Waals surface area contributed by atoms with Crippen LogP contribution in [0.3, 0.4) is 0 Å². The van der Waals surface area contributed by atoms with Crippen molar-refractivity contribution in [2.24, 2.45) is 0 Å². The van der Waals surface area contributed by atoms with Crippen molar-refractivity contribution in [3.8, 4) is 16.9 Å². The number of benzene rings is 2. The standard InChI is InChI=1S/C12H9O.C5H10O.CH4O.Pd/c13-12-9-5-4-8-11(12)10-6-2-1-3-7-10;1-2-3-4-5-6;1-2;/h1-6,8-9,13H;5H,2-4H2,1H3;2H,1H3;/q-1;;;+1. The molecule has 0 bridgehead atoms. The molecule has 0 heterocycles. The molecule has 0 spiro atoms. The first-order valence-corrected chi connectivity index (χ1v) is 6.93. The SMILES string of the molecule is CCCCC=O.CO.Oc1ccccc1-c1[c-]cccc1.[Pd+]. The van der Waals surface area contributed by atoms with Gasteiger partial charge in [0, 0.05) is 13.5 Å². The topological polar surface area (TPSA) is 57.5 Å². The van der Waals surface area contributed by atoms with Crippen molar-refractivity contribution < 1.29 is 35.4 Å². The van der Waals surface area contributed by atoms with Gasteiger partial charge < -0.3 is 15.0 Å². The molecule has 0 aliphatic carbocycles. The molecule has 2 aromatic carbocycles. The second-order valence-corrected chi connectivity index (χ2v) is 4.10. The molecular formula is C18H23O3Pd. The molecule has 0 aliphatic heterocycles. The molecule has 0 unspecified atom stereocenters. The Balaban J connectivity index is 0. The smallest absolute Gasteiger partial charge is 0.517 e. The van der Waals surface area contributed by atoms with Crippen molar-refractivity contribution in [2.75, 3.05) is 7.11 Å². The van der Waals surface area contributed by atoms with Crippen LogP contribution in [-0.4, -0.2) is 23.6 Å². The molecule has 3 nitrogen and oxygen atoms in total. The van der Waals surface area contributed by atoms with Crippen LogP contribution in [0.25, 0.3) is 11.1 Å². The number of hydrogen-bond donors (Lipinski definition) is 2. The van der Waals surface area contributed by atoms with Gasteiger partial charge in [-0.1, -0.05) is 37.1 Å². The molecule has 4 heteroatoms. The van der Waals surface area contributed by atoms with Crippen molar-refractivity contribution in [3.05, 3.63) is 54.6 Å². The molecule has 0 aromatic heterocycles. The second-order valence-electron chi connectivity index (χ2n) is 4.10. The van der Waals surface area contributed by atoms with Gasteiger partial charge in [0.05, 0.1) is 5.75 Å². The molecule has 0 saturated carbocycles. The van der Waals surface area contributed by atoms with E-state index in [1.54, 1.807) is 6.07 Å². The zero-order chi connectivity index (χ0) is 15.9. The number of hydrogen-bond acceptors (Lipinski definition) is 3. The minimum Gasteiger partial charge on any atom is -0.517 e. The fourth-order valence-corrected chi connectivity index (χ4v) is 1.55. The Morgan fingerprint density at radius 3 is 2.18 bits per heavy atom. The molecule has 0 fully saturated rings.